The molecule has 0 amide bonds. The molecule has 72 valence electrons. The van der Waals surface area contributed by atoms with Gasteiger partial charge in [-0.25, -0.2) is 0 Å². The van der Waals surface area contributed by atoms with Gasteiger partial charge in [0, 0.05) is 12.1 Å². The maximum absolute atomic E-state index is 7.37. The number of hydrogen-bond donors (Lipinski definition) is 1. The van der Waals surface area contributed by atoms with E-state index < -0.39 is 0 Å². The topological polar surface area (TPSA) is 23.9 Å². The van der Waals surface area contributed by atoms with Gasteiger partial charge < -0.3 is 5.41 Å². The molecule has 0 radical (unpaired) electrons. The van der Waals surface area contributed by atoms with Crippen LogP contribution in [0.1, 0.15) is 20.3 Å². The van der Waals surface area contributed by atoms with E-state index in [4.69, 9.17) is 5.41 Å². The van der Waals surface area contributed by atoms with E-state index >= 15 is 0 Å². The average molecular weight is 340 g/mol. The molecule has 0 spiro atoms. The van der Waals surface area contributed by atoms with Crippen LogP contribution in [0, 0.1) is 5.41 Å². The predicted octanol–water partition coefficient (Wildman–Crippen LogP) is 3.99. The molecule has 12 heavy (non-hydrogen) atoms. The summed E-state index contributed by atoms with van der Waals surface area (Å²) in [7, 11) is 1.25. The van der Waals surface area contributed by atoms with E-state index in [9.17, 15) is 0 Å². The van der Waals surface area contributed by atoms with Crippen LogP contribution >= 0.6 is 28.5 Å². The zero-order valence-corrected chi connectivity index (χ0v) is 11.1. The van der Waals surface area contributed by atoms with Crippen LogP contribution < -0.4 is 0 Å². The van der Waals surface area contributed by atoms with E-state index in [0.29, 0.717) is 0 Å². The van der Waals surface area contributed by atoms with Crippen molar-refractivity contribution in [2.45, 2.75) is 20.3 Å². The third kappa shape index (κ3) is 5.28. The van der Waals surface area contributed by atoms with E-state index in [1.807, 2.05) is 13.0 Å². The Hall–Kier alpha value is 0.604. The number of rotatable bonds is 0. The molecule has 0 saturated carbocycles. The molecule has 1 rings (SSSR count). The standard InChI is InChI=1S/C8H11N.2BrH.Ni/c1-6-3-4-8(9)7(2)5-6;;;/h3,5,9H,4H2,1-2H3;2*1H;/q;;;+2/p-2. The van der Waals surface area contributed by atoms with Crippen LogP contribution in [0.5, 0.6) is 0 Å². The Kier molecular flexibility index (Phi) is 7.40. The first-order chi connectivity index (χ1) is 5.61. The van der Waals surface area contributed by atoms with E-state index in [-0.39, 0.29) is 0 Å². The number of allylic oxidation sites excluding steroid dienone is 4. The fraction of sp³-hybridized carbons (Fsp3) is 0.375. The van der Waals surface area contributed by atoms with E-state index in [2.05, 4.69) is 41.5 Å². The molecule has 4 heteroatoms. The normalized spacial score (nSPS) is 16.2. The molecule has 1 aliphatic carbocycles. The second-order valence-corrected chi connectivity index (χ2v) is 7.49. The molecule has 0 bridgehead atoms. The fourth-order valence-electron chi connectivity index (χ4n) is 0.912. The van der Waals surface area contributed by atoms with Gasteiger partial charge in [0.2, 0.25) is 0 Å². The molecule has 0 fully saturated rings. The zero-order valence-electron chi connectivity index (χ0n) is 6.93. The van der Waals surface area contributed by atoms with Crippen molar-refractivity contribution in [3.63, 3.8) is 0 Å². The molecular weight excluding hydrogens is 329 g/mol. The van der Waals surface area contributed by atoms with Gasteiger partial charge in [0.05, 0.1) is 0 Å². The summed E-state index contributed by atoms with van der Waals surface area (Å²) < 4.78 is 0. The molecule has 0 unspecified atom stereocenters. The quantitative estimate of drug-likeness (QED) is 0.645. The van der Waals surface area contributed by atoms with Gasteiger partial charge >= 0.3 is 39.3 Å². The third-order valence-electron chi connectivity index (χ3n) is 1.55. The SMILES string of the molecule is CC1=CCC(=N)C(C)=C1.[Br][Ni][Br]. The van der Waals surface area contributed by atoms with Crippen LogP contribution in [0.3, 0.4) is 0 Å². The molecule has 1 N–H and O–H groups in total. The van der Waals surface area contributed by atoms with Gasteiger partial charge in [0.25, 0.3) is 0 Å². The Bertz CT molecular complexity index is 221. The van der Waals surface area contributed by atoms with Crippen molar-refractivity contribution in [2.24, 2.45) is 0 Å². The van der Waals surface area contributed by atoms with Gasteiger partial charge in [-0.05, 0) is 19.4 Å². The van der Waals surface area contributed by atoms with Crippen molar-refractivity contribution in [2.75, 3.05) is 0 Å². The first kappa shape index (κ1) is 12.6. The summed E-state index contributed by atoms with van der Waals surface area (Å²) in [6, 6.07) is 0. The molecule has 0 aliphatic heterocycles. The van der Waals surface area contributed by atoms with Crippen LogP contribution in [-0.4, -0.2) is 5.71 Å². The monoisotopic (exact) mass is 337 g/mol. The molecule has 1 nitrogen and oxygen atoms in total. The van der Waals surface area contributed by atoms with Crippen molar-refractivity contribution < 1.29 is 10.9 Å². The van der Waals surface area contributed by atoms with Gasteiger partial charge in [-0.3, -0.25) is 0 Å². The minimum atomic E-state index is 0.751. The Labute approximate surface area is 93.6 Å². The molecule has 0 heterocycles. The first-order valence-electron chi connectivity index (χ1n) is 3.37. The Morgan fingerprint density at radius 1 is 1.42 bits per heavy atom. The summed E-state index contributed by atoms with van der Waals surface area (Å²) in [5.74, 6) is 0. The van der Waals surface area contributed by atoms with Crippen LogP contribution in [0.15, 0.2) is 23.3 Å². The summed E-state index contributed by atoms with van der Waals surface area (Å²) in [5.41, 5.74) is 3.14. The van der Waals surface area contributed by atoms with E-state index in [1.165, 1.54) is 16.5 Å². The van der Waals surface area contributed by atoms with Gasteiger partial charge in [-0.1, -0.05) is 17.7 Å². The van der Waals surface area contributed by atoms with Gasteiger partial charge in [-0.15, -0.1) is 0 Å². The van der Waals surface area contributed by atoms with E-state index in [1.54, 1.807) is 0 Å². The minimum absolute atomic E-state index is 0.751. The molecule has 1 aliphatic rings. The molecule has 0 atom stereocenters. The Morgan fingerprint density at radius 3 is 2.25 bits per heavy atom. The zero-order chi connectivity index (χ0) is 9.56. The van der Waals surface area contributed by atoms with Gasteiger partial charge in [-0.2, -0.15) is 0 Å². The third-order valence-corrected chi connectivity index (χ3v) is 1.55. The van der Waals surface area contributed by atoms with Crippen molar-refractivity contribution >= 4 is 34.2 Å². The van der Waals surface area contributed by atoms with Crippen molar-refractivity contribution in [3.8, 4) is 0 Å². The molecule has 0 aromatic rings. The van der Waals surface area contributed by atoms with Crippen LogP contribution in [-0.2, 0) is 10.9 Å². The summed E-state index contributed by atoms with van der Waals surface area (Å²) in [5, 5.41) is 7.37. The van der Waals surface area contributed by atoms with Crippen LogP contribution in [0.25, 0.3) is 0 Å². The summed E-state index contributed by atoms with van der Waals surface area (Å²) >= 11 is 6.00. The molecule has 0 aromatic heterocycles. The van der Waals surface area contributed by atoms with Crippen molar-refractivity contribution in [3.05, 3.63) is 23.3 Å². The van der Waals surface area contributed by atoms with E-state index in [0.717, 1.165) is 17.7 Å². The molecule has 0 saturated heterocycles. The number of hydrogen-bond acceptors (Lipinski definition) is 1. The Balaban J connectivity index is 0.000000354. The Morgan fingerprint density at radius 2 is 1.92 bits per heavy atom. The van der Waals surface area contributed by atoms with Crippen LogP contribution in [0.4, 0.5) is 0 Å². The fourth-order valence-corrected chi connectivity index (χ4v) is 0.912. The predicted molar refractivity (Wildman–Crippen MR) is 57.7 cm³/mol. The van der Waals surface area contributed by atoms with Crippen molar-refractivity contribution in [1.29, 1.82) is 5.41 Å². The van der Waals surface area contributed by atoms with Gasteiger partial charge in [0.15, 0.2) is 0 Å². The summed E-state index contributed by atoms with van der Waals surface area (Å²) in [6.45, 7) is 4.05. The van der Waals surface area contributed by atoms with Gasteiger partial charge in [0.1, 0.15) is 0 Å². The number of nitrogens with one attached hydrogen (secondary N) is 1. The summed E-state index contributed by atoms with van der Waals surface area (Å²) in [6.07, 6.45) is 4.94. The van der Waals surface area contributed by atoms with Crippen LogP contribution in [0.2, 0.25) is 0 Å². The van der Waals surface area contributed by atoms with Crippen molar-refractivity contribution in [1.82, 2.24) is 0 Å². The average Bonchev–Trinajstić information content (AvgIpc) is 1.99. The second kappa shape index (κ2) is 7.05. The summed E-state index contributed by atoms with van der Waals surface area (Å²) in [4.78, 5) is 0. The maximum atomic E-state index is 7.37. The number of halogens is 2. The molecule has 0 aromatic carbocycles. The second-order valence-electron chi connectivity index (χ2n) is 2.50. The molecular formula is C8H11Br2NNi. The first-order valence-corrected chi connectivity index (χ1v) is 8.25.